The van der Waals surface area contributed by atoms with Crippen LogP contribution in [0.3, 0.4) is 0 Å². The summed E-state index contributed by atoms with van der Waals surface area (Å²) in [4.78, 5) is 8.00. The molecule has 84 valence electrons. The zero-order chi connectivity index (χ0) is 11.5. The maximum Gasteiger partial charge on any atom is 0.137 e. The van der Waals surface area contributed by atoms with E-state index in [0.717, 1.165) is 12.0 Å². The van der Waals surface area contributed by atoms with E-state index in [1.807, 2.05) is 6.92 Å². The number of nitrogens with one attached hydrogen (secondary N) is 1. The predicted octanol–water partition coefficient (Wildman–Crippen LogP) is 1.88. The molecule has 0 unspecified atom stereocenters. The normalized spacial score (nSPS) is 11.5. The number of halogens is 1. The molecule has 0 aliphatic heterocycles. The molecular weight excluding hydrogens is 214 g/mol. The van der Waals surface area contributed by atoms with Gasteiger partial charge in [0.15, 0.2) is 0 Å². The van der Waals surface area contributed by atoms with E-state index in [-0.39, 0.29) is 0 Å². The minimum absolute atomic E-state index is 0.424. The summed E-state index contributed by atoms with van der Waals surface area (Å²) < 4.78 is 0. The van der Waals surface area contributed by atoms with Crippen LogP contribution in [0.25, 0.3) is 0 Å². The lowest BCUT2D eigenvalue weighted by molar-refractivity contribution is 0.0944. The van der Waals surface area contributed by atoms with Crippen molar-refractivity contribution in [2.24, 2.45) is 0 Å². The summed E-state index contributed by atoms with van der Waals surface area (Å²) in [6, 6.07) is 0. The van der Waals surface area contributed by atoms with E-state index in [9.17, 15) is 5.11 Å². The van der Waals surface area contributed by atoms with Gasteiger partial charge in [-0.25, -0.2) is 9.97 Å². The highest BCUT2D eigenvalue weighted by Gasteiger charge is 2.14. The van der Waals surface area contributed by atoms with E-state index in [0.29, 0.717) is 17.5 Å². The lowest BCUT2D eigenvalue weighted by atomic mass is 10.1. The molecule has 0 saturated heterocycles. The van der Waals surface area contributed by atoms with Crippen LogP contribution < -0.4 is 5.32 Å². The van der Waals surface area contributed by atoms with Crippen LogP contribution in [0.1, 0.15) is 26.3 Å². The molecule has 0 bridgehead atoms. The van der Waals surface area contributed by atoms with E-state index < -0.39 is 5.60 Å². The van der Waals surface area contributed by atoms with Crippen molar-refractivity contribution >= 4 is 17.4 Å². The summed E-state index contributed by atoms with van der Waals surface area (Å²) in [5.41, 5.74) is 0.103. The molecule has 0 amide bonds. The van der Waals surface area contributed by atoms with E-state index in [2.05, 4.69) is 15.3 Å². The van der Waals surface area contributed by atoms with Crippen molar-refractivity contribution in [2.45, 2.75) is 32.8 Å². The Morgan fingerprint density at radius 1 is 1.47 bits per heavy atom. The van der Waals surface area contributed by atoms with Crippen LogP contribution in [-0.4, -0.2) is 27.2 Å². The minimum atomic E-state index is -0.775. The molecule has 0 fully saturated rings. The summed E-state index contributed by atoms with van der Waals surface area (Å²) in [5, 5.41) is 13.1. The maximum atomic E-state index is 9.57. The molecule has 0 aliphatic rings. The molecule has 0 aromatic carbocycles. The van der Waals surface area contributed by atoms with Crippen LogP contribution in [0.4, 0.5) is 5.82 Å². The van der Waals surface area contributed by atoms with Crippen LogP contribution in [0.15, 0.2) is 6.33 Å². The number of nitrogens with zero attached hydrogens (tertiary/aromatic N) is 2. The average molecular weight is 230 g/mol. The Labute approximate surface area is 94.7 Å². The smallest absolute Gasteiger partial charge is 0.137 e. The molecule has 0 aliphatic carbocycles. The second kappa shape index (κ2) is 4.77. The van der Waals surface area contributed by atoms with Crippen LogP contribution >= 0.6 is 11.6 Å². The Morgan fingerprint density at radius 2 is 2.13 bits per heavy atom. The summed E-state index contributed by atoms with van der Waals surface area (Å²) in [6.45, 7) is 5.87. The minimum Gasteiger partial charge on any atom is -0.389 e. The van der Waals surface area contributed by atoms with E-state index >= 15 is 0 Å². The van der Waals surface area contributed by atoms with Crippen LogP contribution in [-0.2, 0) is 6.42 Å². The molecule has 1 aromatic rings. The van der Waals surface area contributed by atoms with Gasteiger partial charge in [0.1, 0.15) is 17.3 Å². The van der Waals surface area contributed by atoms with Crippen LogP contribution in [0.2, 0.25) is 5.15 Å². The number of hydrogen-bond acceptors (Lipinski definition) is 4. The molecule has 1 rings (SSSR count). The summed E-state index contributed by atoms with van der Waals surface area (Å²) >= 11 is 5.93. The highest BCUT2D eigenvalue weighted by atomic mass is 35.5. The van der Waals surface area contributed by atoms with Gasteiger partial charge in [-0.15, -0.1) is 0 Å². The zero-order valence-corrected chi connectivity index (χ0v) is 9.97. The second-order valence-electron chi connectivity index (χ2n) is 4.01. The van der Waals surface area contributed by atoms with E-state index in [1.165, 1.54) is 6.33 Å². The molecule has 15 heavy (non-hydrogen) atoms. The number of aliphatic hydroxyl groups is 1. The average Bonchev–Trinajstić information content (AvgIpc) is 2.13. The third-order valence-electron chi connectivity index (χ3n) is 1.93. The first-order chi connectivity index (χ1) is 6.94. The number of anilines is 1. The highest BCUT2D eigenvalue weighted by Crippen LogP contribution is 2.20. The predicted molar refractivity (Wildman–Crippen MR) is 61.2 cm³/mol. The van der Waals surface area contributed by atoms with Crippen molar-refractivity contribution in [3.05, 3.63) is 17.0 Å². The standard InChI is InChI=1S/C10H16ClN3O/c1-4-7-8(11)13-6-14-9(7)12-5-10(2,3)15/h6,15H,4-5H2,1-3H3,(H,12,13,14). The van der Waals surface area contributed by atoms with Gasteiger partial charge in [-0.1, -0.05) is 18.5 Å². The summed E-state index contributed by atoms with van der Waals surface area (Å²) in [5.74, 6) is 0.694. The molecule has 2 N–H and O–H groups in total. The monoisotopic (exact) mass is 229 g/mol. The molecular formula is C10H16ClN3O. The Kier molecular flexibility index (Phi) is 3.88. The first kappa shape index (κ1) is 12.2. The van der Waals surface area contributed by atoms with Gasteiger partial charge in [0, 0.05) is 12.1 Å². The van der Waals surface area contributed by atoms with Crippen LogP contribution in [0, 0.1) is 0 Å². The van der Waals surface area contributed by atoms with E-state index in [4.69, 9.17) is 11.6 Å². The quantitative estimate of drug-likeness (QED) is 0.774. The van der Waals surface area contributed by atoms with Crippen molar-refractivity contribution in [3.63, 3.8) is 0 Å². The van der Waals surface area contributed by atoms with E-state index in [1.54, 1.807) is 13.8 Å². The lowest BCUT2D eigenvalue weighted by Crippen LogP contribution is -2.30. The Hall–Kier alpha value is -0.870. The van der Waals surface area contributed by atoms with Gasteiger partial charge in [-0.05, 0) is 20.3 Å². The topological polar surface area (TPSA) is 58.0 Å². The van der Waals surface area contributed by atoms with Crippen molar-refractivity contribution in [1.29, 1.82) is 0 Å². The van der Waals surface area contributed by atoms with Crippen molar-refractivity contribution < 1.29 is 5.11 Å². The molecule has 1 aromatic heterocycles. The first-order valence-corrected chi connectivity index (χ1v) is 5.27. The van der Waals surface area contributed by atoms with Gasteiger partial charge >= 0.3 is 0 Å². The summed E-state index contributed by atoms with van der Waals surface area (Å²) in [6.07, 6.45) is 2.17. The zero-order valence-electron chi connectivity index (χ0n) is 9.21. The highest BCUT2D eigenvalue weighted by molar-refractivity contribution is 6.30. The molecule has 0 radical (unpaired) electrons. The molecule has 0 atom stereocenters. The molecule has 1 heterocycles. The fourth-order valence-corrected chi connectivity index (χ4v) is 1.42. The summed E-state index contributed by atoms with van der Waals surface area (Å²) in [7, 11) is 0. The van der Waals surface area contributed by atoms with Crippen molar-refractivity contribution in [3.8, 4) is 0 Å². The second-order valence-corrected chi connectivity index (χ2v) is 4.37. The fourth-order valence-electron chi connectivity index (χ4n) is 1.16. The third kappa shape index (κ3) is 3.64. The van der Waals surface area contributed by atoms with Crippen molar-refractivity contribution in [2.75, 3.05) is 11.9 Å². The van der Waals surface area contributed by atoms with Gasteiger partial charge in [0.25, 0.3) is 0 Å². The molecule has 0 saturated carbocycles. The molecule has 4 nitrogen and oxygen atoms in total. The van der Waals surface area contributed by atoms with Gasteiger partial charge in [-0.3, -0.25) is 0 Å². The molecule has 0 spiro atoms. The van der Waals surface area contributed by atoms with Crippen molar-refractivity contribution in [1.82, 2.24) is 9.97 Å². The maximum absolute atomic E-state index is 9.57. The Morgan fingerprint density at radius 3 is 2.67 bits per heavy atom. The molecule has 5 heteroatoms. The third-order valence-corrected chi connectivity index (χ3v) is 2.26. The lowest BCUT2D eigenvalue weighted by Gasteiger charge is -2.19. The first-order valence-electron chi connectivity index (χ1n) is 4.89. The van der Waals surface area contributed by atoms with Gasteiger partial charge in [0.2, 0.25) is 0 Å². The fraction of sp³-hybridized carbons (Fsp3) is 0.600. The SMILES string of the molecule is CCc1c(Cl)ncnc1NCC(C)(C)O. The van der Waals surface area contributed by atoms with Gasteiger partial charge < -0.3 is 10.4 Å². The number of rotatable bonds is 4. The van der Waals surface area contributed by atoms with Gasteiger partial charge in [0.05, 0.1) is 5.60 Å². The van der Waals surface area contributed by atoms with Gasteiger partial charge in [-0.2, -0.15) is 0 Å². The largest absolute Gasteiger partial charge is 0.389 e. The Balaban J connectivity index is 2.81. The van der Waals surface area contributed by atoms with Crippen LogP contribution in [0.5, 0.6) is 0 Å². The number of hydrogen-bond donors (Lipinski definition) is 2. The Bertz CT molecular complexity index is 336. The number of aromatic nitrogens is 2.